The van der Waals surface area contributed by atoms with Crippen LogP contribution in [0.3, 0.4) is 0 Å². The Morgan fingerprint density at radius 1 is 1.21 bits per heavy atom. The van der Waals surface area contributed by atoms with Crippen LogP contribution in [0.15, 0.2) is 54.6 Å². The first-order valence-corrected chi connectivity index (χ1v) is 10.3. The molecule has 0 saturated carbocycles. The van der Waals surface area contributed by atoms with Crippen molar-refractivity contribution in [1.82, 2.24) is 9.88 Å². The summed E-state index contributed by atoms with van der Waals surface area (Å²) in [6.45, 7) is 3.92. The number of ether oxygens (including phenoxy) is 1. The van der Waals surface area contributed by atoms with Crippen LogP contribution in [-0.2, 0) is 6.42 Å². The highest BCUT2D eigenvalue weighted by atomic mass is 16.5. The van der Waals surface area contributed by atoms with E-state index in [1.54, 1.807) is 0 Å². The van der Waals surface area contributed by atoms with Gasteiger partial charge in [0.2, 0.25) is 0 Å². The lowest BCUT2D eigenvalue weighted by atomic mass is 9.75. The molecule has 2 aromatic carbocycles. The van der Waals surface area contributed by atoms with Gasteiger partial charge in [0, 0.05) is 35.5 Å². The second-order valence-electron chi connectivity index (χ2n) is 8.02. The highest BCUT2D eigenvalue weighted by Crippen LogP contribution is 2.34. The maximum absolute atomic E-state index is 13.2. The maximum Gasteiger partial charge on any atom is 0.270 e. The van der Waals surface area contributed by atoms with Crippen molar-refractivity contribution >= 4 is 16.8 Å². The van der Waals surface area contributed by atoms with E-state index in [0.717, 1.165) is 42.5 Å². The summed E-state index contributed by atoms with van der Waals surface area (Å²) < 4.78 is 5.56. The number of likely N-dealkylation sites (tertiary alicyclic amines) is 1. The van der Waals surface area contributed by atoms with E-state index in [1.807, 2.05) is 54.3 Å². The second-order valence-corrected chi connectivity index (χ2v) is 8.02. The number of carbonyl (C=O) groups excluding carboxylic acids is 1. The predicted molar refractivity (Wildman–Crippen MR) is 114 cm³/mol. The molecule has 1 atom stereocenters. The monoisotopic (exact) mass is 392 g/mol. The summed E-state index contributed by atoms with van der Waals surface area (Å²) in [6, 6.07) is 17.9. The average Bonchev–Trinajstić information content (AvgIpc) is 3.18. The Bertz CT molecular complexity index is 982. The van der Waals surface area contributed by atoms with Gasteiger partial charge in [-0.3, -0.25) is 4.79 Å². The molecule has 0 spiro atoms. The zero-order valence-corrected chi connectivity index (χ0v) is 16.9. The van der Waals surface area contributed by atoms with Gasteiger partial charge >= 0.3 is 0 Å². The molecule has 4 rings (SSSR count). The Morgan fingerprint density at radius 2 is 2.03 bits per heavy atom. The van der Waals surface area contributed by atoms with Crippen LogP contribution in [0.25, 0.3) is 10.9 Å². The number of hydrogen-bond acceptors (Lipinski definition) is 3. The lowest BCUT2D eigenvalue weighted by Gasteiger charge is -2.42. The highest BCUT2D eigenvalue weighted by Gasteiger charge is 2.37. The molecule has 152 valence electrons. The molecule has 0 aliphatic carbocycles. The molecular formula is C24H28N2O3. The Balaban J connectivity index is 1.54. The lowest BCUT2D eigenvalue weighted by molar-refractivity contribution is 0.0268. The first kappa shape index (κ1) is 19.5. The molecule has 1 saturated heterocycles. The maximum atomic E-state index is 13.2. The molecule has 1 aromatic heterocycles. The number of aromatic amines is 1. The van der Waals surface area contributed by atoms with Gasteiger partial charge in [0.25, 0.3) is 5.91 Å². The molecule has 1 aliphatic rings. The molecule has 1 fully saturated rings. The van der Waals surface area contributed by atoms with Crippen molar-refractivity contribution in [3.05, 3.63) is 65.9 Å². The molecule has 0 radical (unpaired) electrons. The van der Waals surface area contributed by atoms with Gasteiger partial charge in [0.05, 0.1) is 13.2 Å². The number of aromatic nitrogens is 1. The smallest absolute Gasteiger partial charge is 0.270 e. The van der Waals surface area contributed by atoms with Gasteiger partial charge < -0.3 is 19.7 Å². The number of nitrogens with zero attached hydrogens (tertiary/aromatic N) is 1. The van der Waals surface area contributed by atoms with Gasteiger partial charge in [-0.05, 0) is 49.9 Å². The van der Waals surface area contributed by atoms with E-state index in [-0.39, 0.29) is 17.9 Å². The van der Waals surface area contributed by atoms with E-state index in [4.69, 9.17) is 4.74 Å². The molecule has 5 nitrogen and oxygen atoms in total. The van der Waals surface area contributed by atoms with Crippen LogP contribution in [0.4, 0.5) is 0 Å². The molecule has 5 heteroatoms. The van der Waals surface area contributed by atoms with Gasteiger partial charge in [0.1, 0.15) is 11.4 Å². The summed E-state index contributed by atoms with van der Waals surface area (Å²) in [6.07, 6.45) is 2.60. The quantitative estimate of drug-likeness (QED) is 0.666. The fourth-order valence-electron chi connectivity index (χ4n) is 4.39. The average molecular weight is 392 g/mol. The highest BCUT2D eigenvalue weighted by molar-refractivity contribution is 5.98. The van der Waals surface area contributed by atoms with Crippen LogP contribution < -0.4 is 4.74 Å². The number of hydrogen-bond donors (Lipinski definition) is 2. The van der Waals surface area contributed by atoms with Crippen LogP contribution in [0.2, 0.25) is 0 Å². The third kappa shape index (κ3) is 4.15. The van der Waals surface area contributed by atoms with Crippen LogP contribution in [-0.4, -0.2) is 47.2 Å². The summed E-state index contributed by atoms with van der Waals surface area (Å²) in [7, 11) is 0. The van der Waals surface area contributed by atoms with E-state index < -0.39 is 0 Å². The predicted octanol–water partition coefficient (Wildman–Crippen LogP) is 4.02. The minimum absolute atomic E-state index is 0.00949. The summed E-state index contributed by atoms with van der Waals surface area (Å²) >= 11 is 0. The van der Waals surface area contributed by atoms with Gasteiger partial charge in [-0.2, -0.15) is 0 Å². The fraction of sp³-hybridized carbons (Fsp3) is 0.375. The number of nitrogens with one attached hydrogen (secondary N) is 1. The van der Waals surface area contributed by atoms with Crippen LogP contribution >= 0.6 is 0 Å². The van der Waals surface area contributed by atoms with Crippen LogP contribution in [0.5, 0.6) is 5.75 Å². The van der Waals surface area contributed by atoms with E-state index >= 15 is 0 Å². The zero-order chi connectivity index (χ0) is 20.3. The number of carbonyl (C=O) groups is 1. The molecule has 1 amide bonds. The standard InChI is InChI=1S/C24H28N2O3/c1-2-29-20-10-9-19-13-22(25-21(19)14-20)23(28)26-12-6-11-24(16-26,17-27)15-18-7-4-3-5-8-18/h3-5,7-10,13-14,25,27H,2,6,11-12,15-17H2,1H3. The number of aliphatic hydroxyl groups is 1. The van der Waals surface area contributed by atoms with E-state index in [9.17, 15) is 9.90 Å². The van der Waals surface area contributed by atoms with E-state index in [1.165, 1.54) is 5.56 Å². The third-order valence-corrected chi connectivity index (χ3v) is 5.84. The Kier molecular flexibility index (Phi) is 5.58. The normalized spacial score (nSPS) is 19.4. The largest absolute Gasteiger partial charge is 0.494 e. The number of benzene rings is 2. The van der Waals surface area contributed by atoms with E-state index in [2.05, 4.69) is 17.1 Å². The first-order chi connectivity index (χ1) is 14.1. The van der Waals surface area contributed by atoms with E-state index in [0.29, 0.717) is 18.8 Å². The number of piperidine rings is 1. The van der Waals surface area contributed by atoms with Crippen molar-refractivity contribution in [3.63, 3.8) is 0 Å². The number of fused-ring (bicyclic) bond motifs is 1. The van der Waals surface area contributed by atoms with Gasteiger partial charge in [-0.25, -0.2) is 0 Å². The molecule has 1 aliphatic heterocycles. The summed E-state index contributed by atoms with van der Waals surface area (Å²) in [5.74, 6) is 0.783. The van der Waals surface area contributed by atoms with Crippen molar-refractivity contribution in [2.45, 2.75) is 26.2 Å². The Hall–Kier alpha value is -2.79. The van der Waals surface area contributed by atoms with Crippen LogP contribution in [0, 0.1) is 5.41 Å². The van der Waals surface area contributed by atoms with Crippen molar-refractivity contribution < 1.29 is 14.6 Å². The van der Waals surface area contributed by atoms with Crippen molar-refractivity contribution in [1.29, 1.82) is 0 Å². The fourth-order valence-corrected chi connectivity index (χ4v) is 4.39. The molecular weight excluding hydrogens is 364 g/mol. The lowest BCUT2D eigenvalue weighted by Crippen LogP contribution is -2.49. The summed E-state index contributed by atoms with van der Waals surface area (Å²) in [5, 5.41) is 11.2. The summed E-state index contributed by atoms with van der Waals surface area (Å²) in [5.41, 5.74) is 2.39. The second kappa shape index (κ2) is 8.29. The number of rotatable bonds is 6. The molecule has 3 aromatic rings. The van der Waals surface area contributed by atoms with Gasteiger partial charge in [-0.1, -0.05) is 30.3 Å². The van der Waals surface area contributed by atoms with Crippen molar-refractivity contribution in [2.24, 2.45) is 5.41 Å². The number of amides is 1. The first-order valence-electron chi connectivity index (χ1n) is 10.3. The zero-order valence-electron chi connectivity index (χ0n) is 16.9. The molecule has 2 heterocycles. The number of aliphatic hydroxyl groups excluding tert-OH is 1. The summed E-state index contributed by atoms with van der Waals surface area (Å²) in [4.78, 5) is 18.4. The number of H-pyrrole nitrogens is 1. The minimum Gasteiger partial charge on any atom is -0.494 e. The SMILES string of the molecule is CCOc1ccc2cc(C(=O)N3CCCC(CO)(Cc4ccccc4)C3)[nH]c2c1. The molecule has 0 bridgehead atoms. The Morgan fingerprint density at radius 3 is 2.79 bits per heavy atom. The van der Waals surface area contributed by atoms with Crippen molar-refractivity contribution in [3.8, 4) is 5.75 Å². The van der Waals surface area contributed by atoms with Gasteiger partial charge in [-0.15, -0.1) is 0 Å². The Labute approximate surface area is 171 Å². The molecule has 1 unspecified atom stereocenters. The van der Waals surface area contributed by atoms with Crippen molar-refractivity contribution in [2.75, 3.05) is 26.3 Å². The van der Waals surface area contributed by atoms with Gasteiger partial charge in [0.15, 0.2) is 0 Å². The van der Waals surface area contributed by atoms with Crippen LogP contribution in [0.1, 0.15) is 35.8 Å². The molecule has 29 heavy (non-hydrogen) atoms. The topological polar surface area (TPSA) is 65.6 Å². The third-order valence-electron chi connectivity index (χ3n) is 5.84. The minimum atomic E-state index is -0.288. The molecule has 2 N–H and O–H groups in total.